The molecule has 0 aliphatic carbocycles. The summed E-state index contributed by atoms with van der Waals surface area (Å²) in [6, 6.07) is 3.02. The standard InChI is InChI=1S/C17H18F2N2O2/c1-3-7-20(8-4-2)17(23)13-10-21(11-13)16(22)12-5-6-14(18)15(19)9-12/h3-6,9,13H,1-2,7-8,10-11H2. The van der Waals surface area contributed by atoms with Crippen LogP contribution in [0.5, 0.6) is 0 Å². The lowest BCUT2D eigenvalue weighted by molar-refractivity contribution is -0.138. The molecule has 0 atom stereocenters. The summed E-state index contributed by atoms with van der Waals surface area (Å²) in [5.41, 5.74) is 0.0730. The summed E-state index contributed by atoms with van der Waals surface area (Å²) in [5, 5.41) is 0. The van der Waals surface area contributed by atoms with Gasteiger partial charge in [0.2, 0.25) is 5.91 Å². The minimum atomic E-state index is -1.06. The zero-order valence-electron chi connectivity index (χ0n) is 12.7. The van der Waals surface area contributed by atoms with E-state index in [4.69, 9.17) is 0 Å². The lowest BCUT2D eigenvalue weighted by atomic mass is 9.97. The number of nitrogens with zero attached hydrogens (tertiary/aromatic N) is 2. The number of rotatable bonds is 6. The van der Waals surface area contributed by atoms with Gasteiger partial charge in [0.05, 0.1) is 5.92 Å². The fourth-order valence-electron chi connectivity index (χ4n) is 2.44. The molecule has 1 fully saturated rings. The van der Waals surface area contributed by atoms with E-state index in [1.807, 2.05) is 0 Å². The van der Waals surface area contributed by atoms with E-state index in [-0.39, 0.29) is 30.5 Å². The Morgan fingerprint density at radius 3 is 2.30 bits per heavy atom. The van der Waals surface area contributed by atoms with Crippen LogP contribution in [0, 0.1) is 17.6 Å². The van der Waals surface area contributed by atoms with E-state index < -0.39 is 17.5 Å². The predicted octanol–water partition coefficient (Wildman–Crippen LogP) is 2.24. The van der Waals surface area contributed by atoms with Gasteiger partial charge in [-0.1, -0.05) is 12.2 Å². The van der Waals surface area contributed by atoms with Crippen molar-refractivity contribution in [3.8, 4) is 0 Å². The van der Waals surface area contributed by atoms with Crippen LogP contribution in [-0.2, 0) is 4.79 Å². The summed E-state index contributed by atoms with van der Waals surface area (Å²) in [4.78, 5) is 27.5. The van der Waals surface area contributed by atoms with E-state index in [0.29, 0.717) is 13.1 Å². The molecule has 0 radical (unpaired) electrons. The first kappa shape index (κ1) is 16.9. The van der Waals surface area contributed by atoms with Gasteiger partial charge in [0.25, 0.3) is 5.91 Å². The maximum atomic E-state index is 13.2. The number of halogens is 2. The van der Waals surface area contributed by atoms with Crippen LogP contribution in [0.3, 0.4) is 0 Å². The third-order valence-corrected chi connectivity index (χ3v) is 3.70. The minimum absolute atomic E-state index is 0.0702. The molecule has 1 saturated heterocycles. The van der Waals surface area contributed by atoms with Crippen molar-refractivity contribution in [1.29, 1.82) is 0 Å². The molecule has 1 heterocycles. The molecule has 0 bridgehead atoms. The van der Waals surface area contributed by atoms with Crippen molar-refractivity contribution in [2.45, 2.75) is 0 Å². The van der Waals surface area contributed by atoms with E-state index in [1.54, 1.807) is 17.1 Å². The molecule has 122 valence electrons. The van der Waals surface area contributed by atoms with Crippen molar-refractivity contribution in [1.82, 2.24) is 9.80 Å². The lowest BCUT2D eigenvalue weighted by Crippen LogP contribution is -2.56. The van der Waals surface area contributed by atoms with Gasteiger partial charge in [0, 0.05) is 31.7 Å². The summed E-state index contributed by atoms with van der Waals surface area (Å²) in [5.74, 6) is -2.83. The van der Waals surface area contributed by atoms with Crippen LogP contribution in [0.2, 0.25) is 0 Å². The molecule has 2 amide bonds. The average Bonchev–Trinajstić information content (AvgIpc) is 2.48. The first-order valence-electron chi connectivity index (χ1n) is 7.22. The average molecular weight is 320 g/mol. The van der Waals surface area contributed by atoms with Gasteiger partial charge in [0.15, 0.2) is 11.6 Å². The van der Waals surface area contributed by atoms with Gasteiger partial charge in [-0.2, -0.15) is 0 Å². The van der Waals surface area contributed by atoms with E-state index >= 15 is 0 Å². The number of hydrogen-bond acceptors (Lipinski definition) is 2. The van der Waals surface area contributed by atoms with E-state index in [0.717, 1.165) is 12.1 Å². The summed E-state index contributed by atoms with van der Waals surface area (Å²) in [6.07, 6.45) is 3.26. The van der Waals surface area contributed by atoms with E-state index in [2.05, 4.69) is 13.2 Å². The Kier molecular flexibility index (Phi) is 5.26. The van der Waals surface area contributed by atoms with Gasteiger partial charge in [-0.15, -0.1) is 13.2 Å². The van der Waals surface area contributed by atoms with Gasteiger partial charge in [0.1, 0.15) is 0 Å². The summed E-state index contributed by atoms with van der Waals surface area (Å²) in [7, 11) is 0. The number of hydrogen-bond donors (Lipinski definition) is 0. The molecule has 23 heavy (non-hydrogen) atoms. The first-order valence-corrected chi connectivity index (χ1v) is 7.22. The predicted molar refractivity (Wildman–Crippen MR) is 82.7 cm³/mol. The van der Waals surface area contributed by atoms with Gasteiger partial charge in [-0.05, 0) is 18.2 Å². The molecule has 2 rings (SSSR count). The highest BCUT2D eigenvalue weighted by atomic mass is 19.2. The summed E-state index contributed by atoms with van der Waals surface area (Å²) >= 11 is 0. The lowest BCUT2D eigenvalue weighted by Gasteiger charge is -2.40. The molecule has 0 spiro atoms. The Morgan fingerprint density at radius 1 is 1.17 bits per heavy atom. The normalized spacial score (nSPS) is 14.1. The summed E-state index contributed by atoms with van der Waals surface area (Å²) < 4.78 is 26.1. The second-order valence-corrected chi connectivity index (χ2v) is 5.36. The molecular weight excluding hydrogens is 302 g/mol. The van der Waals surface area contributed by atoms with Crippen LogP contribution in [0.15, 0.2) is 43.5 Å². The molecule has 0 saturated carbocycles. The highest BCUT2D eigenvalue weighted by Crippen LogP contribution is 2.21. The van der Waals surface area contributed by atoms with Gasteiger partial charge < -0.3 is 9.80 Å². The van der Waals surface area contributed by atoms with Crippen molar-refractivity contribution in [3.05, 3.63) is 60.7 Å². The van der Waals surface area contributed by atoms with Crippen LogP contribution >= 0.6 is 0 Å². The van der Waals surface area contributed by atoms with Crippen LogP contribution < -0.4 is 0 Å². The number of amides is 2. The van der Waals surface area contributed by atoms with Crippen molar-refractivity contribution >= 4 is 11.8 Å². The maximum Gasteiger partial charge on any atom is 0.254 e. The highest BCUT2D eigenvalue weighted by molar-refractivity contribution is 5.96. The van der Waals surface area contributed by atoms with E-state index in [9.17, 15) is 18.4 Å². The van der Waals surface area contributed by atoms with Crippen LogP contribution in [0.4, 0.5) is 8.78 Å². The zero-order chi connectivity index (χ0) is 17.0. The Hall–Kier alpha value is -2.50. The Morgan fingerprint density at radius 2 is 1.78 bits per heavy atom. The van der Waals surface area contributed by atoms with Gasteiger partial charge in [-0.25, -0.2) is 8.78 Å². The topological polar surface area (TPSA) is 40.6 Å². The highest BCUT2D eigenvalue weighted by Gasteiger charge is 2.37. The molecule has 0 unspecified atom stereocenters. The summed E-state index contributed by atoms with van der Waals surface area (Å²) in [6.45, 7) is 8.58. The molecule has 1 aromatic carbocycles. The maximum absolute atomic E-state index is 13.2. The minimum Gasteiger partial charge on any atom is -0.337 e. The van der Waals surface area contributed by atoms with Crippen LogP contribution in [0.1, 0.15) is 10.4 Å². The number of carbonyl (C=O) groups excluding carboxylic acids is 2. The van der Waals surface area contributed by atoms with Crippen molar-refractivity contribution in [2.24, 2.45) is 5.92 Å². The first-order chi connectivity index (χ1) is 11.0. The Balaban J connectivity index is 1.96. The third-order valence-electron chi connectivity index (χ3n) is 3.70. The van der Waals surface area contributed by atoms with Crippen LogP contribution in [-0.4, -0.2) is 47.8 Å². The molecule has 1 aliphatic heterocycles. The van der Waals surface area contributed by atoms with Crippen molar-refractivity contribution in [2.75, 3.05) is 26.2 Å². The molecule has 6 heteroatoms. The third kappa shape index (κ3) is 3.64. The van der Waals surface area contributed by atoms with Gasteiger partial charge >= 0.3 is 0 Å². The number of likely N-dealkylation sites (tertiary alicyclic amines) is 1. The molecular formula is C17H18F2N2O2. The second-order valence-electron chi connectivity index (χ2n) is 5.36. The monoisotopic (exact) mass is 320 g/mol. The molecule has 1 aliphatic rings. The van der Waals surface area contributed by atoms with Crippen molar-refractivity contribution < 1.29 is 18.4 Å². The molecule has 0 N–H and O–H groups in total. The van der Waals surface area contributed by atoms with Gasteiger partial charge in [-0.3, -0.25) is 9.59 Å². The molecule has 1 aromatic rings. The SMILES string of the molecule is C=CCN(CC=C)C(=O)C1CN(C(=O)c2ccc(F)c(F)c2)C1. The van der Waals surface area contributed by atoms with Crippen molar-refractivity contribution in [3.63, 3.8) is 0 Å². The Bertz CT molecular complexity index is 629. The largest absolute Gasteiger partial charge is 0.337 e. The van der Waals surface area contributed by atoms with E-state index in [1.165, 1.54) is 11.0 Å². The van der Waals surface area contributed by atoms with Crippen LogP contribution in [0.25, 0.3) is 0 Å². The second kappa shape index (κ2) is 7.17. The zero-order valence-corrected chi connectivity index (χ0v) is 12.7. The number of benzene rings is 1. The fraction of sp³-hybridized carbons (Fsp3) is 0.294. The smallest absolute Gasteiger partial charge is 0.254 e. The molecule has 4 nitrogen and oxygen atoms in total. The Labute approximate surface area is 133 Å². The fourth-order valence-corrected chi connectivity index (χ4v) is 2.44. The molecule has 0 aromatic heterocycles. The number of carbonyl (C=O) groups is 2. The quantitative estimate of drug-likeness (QED) is 0.754.